The van der Waals surface area contributed by atoms with E-state index in [0.29, 0.717) is 0 Å². The van der Waals surface area contributed by atoms with Crippen molar-refractivity contribution < 1.29 is 13.2 Å². The highest BCUT2D eigenvalue weighted by molar-refractivity contribution is 5.68. The zero-order chi connectivity index (χ0) is 14.0. The van der Waals surface area contributed by atoms with Gasteiger partial charge in [0.1, 0.15) is 0 Å². The fourth-order valence-corrected chi connectivity index (χ4v) is 1.95. The van der Waals surface area contributed by atoms with Gasteiger partial charge in [0.2, 0.25) is 0 Å². The molecule has 3 heteroatoms. The van der Waals surface area contributed by atoms with E-state index in [1.165, 1.54) is 12.1 Å². The molecule has 0 bridgehead atoms. The van der Waals surface area contributed by atoms with Crippen LogP contribution in [-0.2, 0) is 6.18 Å². The molecule has 0 aliphatic heterocycles. The Kier molecular flexibility index (Phi) is 3.47. The maximum atomic E-state index is 12.5. The second-order valence-corrected chi connectivity index (χ2v) is 4.41. The number of aryl methyl sites for hydroxylation is 1. The number of alkyl halides is 3. The predicted octanol–water partition coefficient (Wildman–Crippen LogP) is 5.32. The van der Waals surface area contributed by atoms with Gasteiger partial charge in [-0.2, -0.15) is 13.2 Å². The minimum atomic E-state index is -4.29. The van der Waals surface area contributed by atoms with Crippen molar-refractivity contribution in [2.45, 2.75) is 13.1 Å². The Hall–Kier alpha value is -2.03. The number of benzene rings is 2. The lowest BCUT2D eigenvalue weighted by molar-refractivity contribution is -0.137. The minimum absolute atomic E-state index is 0.632. The van der Waals surface area contributed by atoms with Gasteiger partial charge >= 0.3 is 6.18 Å². The van der Waals surface area contributed by atoms with Crippen molar-refractivity contribution in [2.75, 3.05) is 0 Å². The molecule has 0 heterocycles. The van der Waals surface area contributed by atoms with Crippen LogP contribution in [0, 0.1) is 6.92 Å². The van der Waals surface area contributed by atoms with Crippen LogP contribution in [0.1, 0.15) is 16.7 Å². The molecule has 0 radical (unpaired) electrons. The van der Waals surface area contributed by atoms with E-state index < -0.39 is 11.7 Å². The lowest BCUT2D eigenvalue weighted by Crippen LogP contribution is -2.03. The SMILES string of the molecule is C=Cc1cc(C)cc(-c2ccc(C(F)(F)F)cc2)c1. The van der Waals surface area contributed by atoms with Gasteiger partial charge in [-0.25, -0.2) is 0 Å². The van der Waals surface area contributed by atoms with Gasteiger partial charge < -0.3 is 0 Å². The Morgan fingerprint density at radius 2 is 1.58 bits per heavy atom. The molecule has 2 aromatic carbocycles. The van der Waals surface area contributed by atoms with Gasteiger partial charge in [-0.3, -0.25) is 0 Å². The lowest BCUT2D eigenvalue weighted by atomic mass is 9.99. The van der Waals surface area contributed by atoms with Crippen LogP contribution in [-0.4, -0.2) is 0 Å². The van der Waals surface area contributed by atoms with Gasteiger partial charge in [0.15, 0.2) is 0 Å². The summed E-state index contributed by atoms with van der Waals surface area (Å²) in [5.41, 5.74) is 3.03. The summed E-state index contributed by atoms with van der Waals surface area (Å²) in [6.07, 6.45) is -2.57. The summed E-state index contributed by atoms with van der Waals surface area (Å²) in [6, 6.07) is 11.0. The minimum Gasteiger partial charge on any atom is -0.166 e. The quantitative estimate of drug-likeness (QED) is 0.686. The maximum Gasteiger partial charge on any atom is 0.416 e. The van der Waals surface area contributed by atoms with Gasteiger partial charge in [-0.05, 0) is 47.4 Å². The monoisotopic (exact) mass is 262 g/mol. The first kappa shape index (κ1) is 13.4. The molecule has 0 saturated carbocycles. The van der Waals surface area contributed by atoms with Crippen molar-refractivity contribution in [1.82, 2.24) is 0 Å². The third kappa shape index (κ3) is 3.05. The lowest BCUT2D eigenvalue weighted by Gasteiger charge is -2.09. The Balaban J connectivity index is 2.42. The molecule has 0 aliphatic rings. The normalized spacial score (nSPS) is 11.4. The average Bonchev–Trinajstić information content (AvgIpc) is 2.37. The van der Waals surface area contributed by atoms with Crippen LogP contribution in [0.15, 0.2) is 49.0 Å². The van der Waals surface area contributed by atoms with Gasteiger partial charge in [0, 0.05) is 0 Å². The molecule has 0 nitrogen and oxygen atoms in total. The number of hydrogen-bond donors (Lipinski definition) is 0. The first-order chi connectivity index (χ1) is 8.90. The highest BCUT2D eigenvalue weighted by Gasteiger charge is 2.29. The standard InChI is InChI=1S/C16H13F3/c1-3-12-8-11(2)9-14(10-12)13-4-6-15(7-5-13)16(17,18)19/h3-10H,1H2,2H3. The number of hydrogen-bond acceptors (Lipinski definition) is 0. The molecule has 0 amide bonds. The summed E-state index contributed by atoms with van der Waals surface area (Å²) >= 11 is 0. The van der Waals surface area contributed by atoms with E-state index in [1.54, 1.807) is 6.08 Å². The molecule has 0 fully saturated rings. The van der Waals surface area contributed by atoms with Crippen molar-refractivity contribution in [2.24, 2.45) is 0 Å². The topological polar surface area (TPSA) is 0 Å². The second-order valence-electron chi connectivity index (χ2n) is 4.41. The Bertz CT molecular complexity index is 592. The average molecular weight is 262 g/mol. The fraction of sp³-hybridized carbons (Fsp3) is 0.125. The van der Waals surface area contributed by atoms with Crippen LogP contribution in [0.3, 0.4) is 0 Å². The van der Waals surface area contributed by atoms with E-state index >= 15 is 0 Å². The molecule has 98 valence electrons. The van der Waals surface area contributed by atoms with Gasteiger partial charge in [0.25, 0.3) is 0 Å². The molecule has 2 aromatic rings. The van der Waals surface area contributed by atoms with Gasteiger partial charge in [-0.15, -0.1) is 0 Å². The highest BCUT2D eigenvalue weighted by atomic mass is 19.4. The number of halogens is 3. The third-order valence-electron chi connectivity index (χ3n) is 2.88. The molecule has 2 rings (SSSR count). The van der Waals surface area contributed by atoms with Crippen molar-refractivity contribution in [3.63, 3.8) is 0 Å². The van der Waals surface area contributed by atoms with Crippen LogP contribution in [0.5, 0.6) is 0 Å². The molecule has 0 N–H and O–H groups in total. The summed E-state index contributed by atoms with van der Waals surface area (Å²) in [4.78, 5) is 0. The van der Waals surface area contributed by atoms with Crippen molar-refractivity contribution >= 4 is 6.08 Å². The maximum absolute atomic E-state index is 12.5. The third-order valence-corrected chi connectivity index (χ3v) is 2.88. The molecule has 0 saturated heterocycles. The first-order valence-electron chi connectivity index (χ1n) is 5.82. The van der Waals surface area contributed by atoms with Crippen LogP contribution >= 0.6 is 0 Å². The molecular weight excluding hydrogens is 249 g/mol. The Morgan fingerprint density at radius 1 is 0.947 bits per heavy atom. The zero-order valence-corrected chi connectivity index (χ0v) is 10.5. The largest absolute Gasteiger partial charge is 0.416 e. The van der Waals surface area contributed by atoms with Gasteiger partial charge in [-0.1, -0.05) is 36.9 Å². The molecule has 19 heavy (non-hydrogen) atoms. The molecule has 0 spiro atoms. The van der Waals surface area contributed by atoms with Crippen LogP contribution in [0.4, 0.5) is 13.2 Å². The van der Waals surface area contributed by atoms with E-state index in [-0.39, 0.29) is 0 Å². The summed E-state index contributed by atoms with van der Waals surface area (Å²) in [5, 5.41) is 0. The highest BCUT2D eigenvalue weighted by Crippen LogP contribution is 2.31. The molecular formula is C16H13F3. The van der Waals surface area contributed by atoms with E-state index in [0.717, 1.165) is 34.4 Å². The van der Waals surface area contributed by atoms with Crippen molar-refractivity contribution in [3.05, 3.63) is 65.7 Å². The first-order valence-corrected chi connectivity index (χ1v) is 5.82. The van der Waals surface area contributed by atoms with Crippen LogP contribution in [0.2, 0.25) is 0 Å². The van der Waals surface area contributed by atoms with Crippen LogP contribution in [0.25, 0.3) is 17.2 Å². The zero-order valence-electron chi connectivity index (χ0n) is 10.5. The van der Waals surface area contributed by atoms with Crippen molar-refractivity contribution in [1.29, 1.82) is 0 Å². The number of rotatable bonds is 2. The molecule has 0 aliphatic carbocycles. The summed E-state index contributed by atoms with van der Waals surface area (Å²) in [7, 11) is 0. The van der Waals surface area contributed by atoms with Gasteiger partial charge in [0.05, 0.1) is 5.56 Å². The molecule has 0 aromatic heterocycles. The molecule has 0 atom stereocenters. The van der Waals surface area contributed by atoms with E-state index in [4.69, 9.17) is 0 Å². The van der Waals surface area contributed by atoms with E-state index in [1.807, 2.05) is 25.1 Å². The van der Waals surface area contributed by atoms with E-state index in [2.05, 4.69) is 6.58 Å². The summed E-state index contributed by atoms with van der Waals surface area (Å²) in [6.45, 7) is 5.65. The Morgan fingerprint density at radius 3 is 2.11 bits per heavy atom. The van der Waals surface area contributed by atoms with Crippen LogP contribution < -0.4 is 0 Å². The van der Waals surface area contributed by atoms with E-state index in [9.17, 15) is 13.2 Å². The predicted molar refractivity (Wildman–Crippen MR) is 71.7 cm³/mol. The summed E-state index contributed by atoms with van der Waals surface area (Å²) < 4.78 is 37.5. The fourth-order valence-electron chi connectivity index (χ4n) is 1.95. The van der Waals surface area contributed by atoms with Crippen molar-refractivity contribution in [3.8, 4) is 11.1 Å². The molecule has 0 unspecified atom stereocenters. The second kappa shape index (κ2) is 4.92. The summed E-state index contributed by atoms with van der Waals surface area (Å²) in [5.74, 6) is 0. The smallest absolute Gasteiger partial charge is 0.166 e. The Labute approximate surface area is 110 Å².